The van der Waals surface area contributed by atoms with Crippen molar-refractivity contribution < 1.29 is 9.53 Å². The van der Waals surface area contributed by atoms with Crippen molar-refractivity contribution in [3.05, 3.63) is 65.7 Å². The first-order chi connectivity index (χ1) is 13.2. The number of hydrogen-bond donors (Lipinski definition) is 1. The molecule has 0 radical (unpaired) electrons. The van der Waals surface area contributed by atoms with Gasteiger partial charge < -0.3 is 10.1 Å². The fourth-order valence-corrected chi connectivity index (χ4v) is 4.72. The second kappa shape index (κ2) is 8.48. The number of para-hydroxylation sites is 1. The lowest BCUT2D eigenvalue weighted by Crippen LogP contribution is -2.57. The van der Waals surface area contributed by atoms with Gasteiger partial charge in [-0.1, -0.05) is 42.5 Å². The molecule has 0 amide bonds. The molecule has 28 heavy (non-hydrogen) atoms. The molecule has 1 heterocycles. The van der Waals surface area contributed by atoms with E-state index in [0.29, 0.717) is 18.9 Å². The molecule has 150 valence electrons. The number of carbonyl (C=O) groups excluding carboxylic acids is 1. The molecule has 0 aromatic heterocycles. The normalized spacial score (nSPS) is 18.6. The third-order valence-corrected chi connectivity index (χ3v) is 5.43. The Hall–Kier alpha value is -2.13. The molecule has 1 N–H and O–H groups in total. The highest BCUT2D eigenvalue weighted by molar-refractivity contribution is 5.96. The Bertz CT molecular complexity index is 762. The predicted octanol–water partition coefficient (Wildman–Crippen LogP) is 5.44. The fraction of sp³-hybridized carbons (Fsp3) is 0.480. The molecular weight excluding hydrogens is 346 g/mol. The average Bonchev–Trinajstić information content (AvgIpc) is 2.60. The number of piperidine rings is 1. The van der Waals surface area contributed by atoms with Crippen LogP contribution >= 0.6 is 0 Å². The van der Waals surface area contributed by atoms with Crippen LogP contribution in [0.15, 0.2) is 54.6 Å². The predicted molar refractivity (Wildman–Crippen MR) is 115 cm³/mol. The molecule has 0 saturated carbocycles. The van der Waals surface area contributed by atoms with Crippen LogP contribution in [0.5, 0.6) is 5.75 Å². The van der Waals surface area contributed by atoms with Crippen LogP contribution in [0, 0.1) is 5.92 Å². The molecule has 1 saturated heterocycles. The van der Waals surface area contributed by atoms with Gasteiger partial charge in [0.15, 0.2) is 5.78 Å². The minimum atomic E-state index is 0.0787. The Morgan fingerprint density at radius 3 is 2.18 bits per heavy atom. The number of nitrogens with one attached hydrogen (secondary N) is 1. The summed E-state index contributed by atoms with van der Waals surface area (Å²) in [6, 6.07) is 17.9. The van der Waals surface area contributed by atoms with E-state index in [9.17, 15) is 4.79 Å². The van der Waals surface area contributed by atoms with Crippen molar-refractivity contribution in [1.29, 1.82) is 0 Å². The Labute approximate surface area is 169 Å². The van der Waals surface area contributed by atoms with E-state index in [2.05, 4.69) is 45.1 Å². The van der Waals surface area contributed by atoms with Crippen LogP contribution in [-0.4, -0.2) is 23.5 Å². The van der Waals surface area contributed by atoms with Crippen LogP contribution in [0.3, 0.4) is 0 Å². The van der Waals surface area contributed by atoms with Gasteiger partial charge in [-0.3, -0.25) is 4.79 Å². The highest BCUT2D eigenvalue weighted by Crippen LogP contribution is 2.35. The van der Waals surface area contributed by atoms with Gasteiger partial charge in [0, 0.05) is 29.5 Å². The molecule has 0 aliphatic carbocycles. The van der Waals surface area contributed by atoms with E-state index in [-0.39, 0.29) is 16.9 Å². The number of Topliss-reactive ketones (excluding diaryl/α,β-unsaturated/α-hetero) is 1. The molecule has 1 aliphatic rings. The van der Waals surface area contributed by atoms with Gasteiger partial charge in [-0.2, -0.15) is 0 Å². The smallest absolute Gasteiger partial charge is 0.163 e. The number of benzene rings is 2. The van der Waals surface area contributed by atoms with E-state index in [4.69, 9.17) is 4.74 Å². The topological polar surface area (TPSA) is 38.3 Å². The summed E-state index contributed by atoms with van der Waals surface area (Å²) in [4.78, 5) is 12.8. The monoisotopic (exact) mass is 379 g/mol. The molecule has 1 aliphatic heterocycles. The zero-order chi connectivity index (χ0) is 20.2. The van der Waals surface area contributed by atoms with Gasteiger partial charge >= 0.3 is 0 Å². The van der Waals surface area contributed by atoms with Gasteiger partial charge in [0.25, 0.3) is 0 Å². The summed E-state index contributed by atoms with van der Waals surface area (Å²) in [5.41, 5.74) is 2.17. The van der Waals surface area contributed by atoms with Crippen molar-refractivity contribution >= 4 is 5.78 Å². The van der Waals surface area contributed by atoms with Gasteiger partial charge in [0.05, 0.1) is 6.61 Å². The van der Waals surface area contributed by atoms with Crippen molar-refractivity contribution in [2.75, 3.05) is 6.61 Å². The zero-order valence-corrected chi connectivity index (χ0v) is 17.6. The van der Waals surface area contributed by atoms with Crippen molar-refractivity contribution in [3.63, 3.8) is 0 Å². The Morgan fingerprint density at radius 2 is 1.57 bits per heavy atom. The number of hydrogen-bond acceptors (Lipinski definition) is 3. The molecule has 2 aromatic carbocycles. The molecule has 3 heteroatoms. The first kappa shape index (κ1) is 20.6. The lowest BCUT2D eigenvalue weighted by Gasteiger charge is -2.46. The standard InChI is InChI=1S/C25H33NO2/c1-24(2)17-20(18-25(3,4)26-24)16-23(27)21-12-10-19(11-13-21)14-15-28-22-8-6-5-7-9-22/h5-13,20,26H,14-18H2,1-4H3. The Balaban J connectivity index is 1.52. The third kappa shape index (κ3) is 5.93. The van der Waals surface area contributed by atoms with Gasteiger partial charge in [-0.15, -0.1) is 0 Å². The molecule has 0 unspecified atom stereocenters. The lowest BCUT2D eigenvalue weighted by atomic mass is 9.74. The minimum absolute atomic E-state index is 0.0787. The number of ketones is 1. The summed E-state index contributed by atoms with van der Waals surface area (Å²) in [6.07, 6.45) is 3.54. The molecule has 1 fully saturated rings. The van der Waals surface area contributed by atoms with Crippen molar-refractivity contribution in [1.82, 2.24) is 5.32 Å². The zero-order valence-electron chi connectivity index (χ0n) is 17.6. The number of carbonyl (C=O) groups is 1. The molecule has 3 nitrogen and oxygen atoms in total. The van der Waals surface area contributed by atoms with Gasteiger partial charge in [-0.25, -0.2) is 0 Å². The highest BCUT2D eigenvalue weighted by atomic mass is 16.5. The molecular formula is C25H33NO2. The largest absolute Gasteiger partial charge is 0.493 e. The SMILES string of the molecule is CC1(C)CC(CC(=O)c2ccc(CCOc3ccccc3)cc2)CC(C)(C)N1. The van der Waals surface area contributed by atoms with Gasteiger partial charge in [0.1, 0.15) is 5.75 Å². The van der Waals surface area contributed by atoms with Crippen molar-refractivity contribution in [2.45, 2.75) is 64.5 Å². The molecule has 0 spiro atoms. The van der Waals surface area contributed by atoms with Gasteiger partial charge in [-0.05, 0) is 64.2 Å². The summed E-state index contributed by atoms with van der Waals surface area (Å²) in [6.45, 7) is 9.57. The van der Waals surface area contributed by atoms with Crippen LogP contribution < -0.4 is 10.1 Å². The fourth-order valence-electron chi connectivity index (χ4n) is 4.72. The summed E-state index contributed by atoms with van der Waals surface area (Å²) >= 11 is 0. The van der Waals surface area contributed by atoms with E-state index in [0.717, 1.165) is 30.6 Å². The Morgan fingerprint density at radius 1 is 0.964 bits per heavy atom. The van der Waals surface area contributed by atoms with E-state index >= 15 is 0 Å². The second-order valence-corrected chi connectivity index (χ2v) is 9.40. The highest BCUT2D eigenvalue weighted by Gasteiger charge is 2.38. The van der Waals surface area contributed by atoms with E-state index in [1.807, 2.05) is 42.5 Å². The summed E-state index contributed by atoms with van der Waals surface area (Å²) in [7, 11) is 0. The van der Waals surface area contributed by atoms with Crippen molar-refractivity contribution in [2.24, 2.45) is 5.92 Å². The number of ether oxygens (including phenoxy) is 1. The molecule has 2 aromatic rings. The minimum Gasteiger partial charge on any atom is -0.493 e. The molecule has 0 bridgehead atoms. The number of rotatable bonds is 7. The molecule has 3 rings (SSSR count). The maximum atomic E-state index is 12.8. The van der Waals surface area contributed by atoms with Crippen LogP contribution in [0.1, 0.15) is 62.9 Å². The van der Waals surface area contributed by atoms with Crippen LogP contribution in [0.4, 0.5) is 0 Å². The van der Waals surface area contributed by atoms with Crippen LogP contribution in [0.25, 0.3) is 0 Å². The first-order valence-electron chi connectivity index (χ1n) is 10.3. The van der Waals surface area contributed by atoms with Crippen LogP contribution in [-0.2, 0) is 6.42 Å². The van der Waals surface area contributed by atoms with Crippen LogP contribution in [0.2, 0.25) is 0 Å². The summed E-state index contributed by atoms with van der Waals surface area (Å²) < 4.78 is 5.75. The van der Waals surface area contributed by atoms with E-state index in [1.54, 1.807) is 0 Å². The third-order valence-electron chi connectivity index (χ3n) is 5.43. The summed E-state index contributed by atoms with van der Waals surface area (Å²) in [5.74, 6) is 1.57. The maximum Gasteiger partial charge on any atom is 0.163 e. The maximum absolute atomic E-state index is 12.8. The van der Waals surface area contributed by atoms with Gasteiger partial charge in [0.2, 0.25) is 0 Å². The second-order valence-electron chi connectivity index (χ2n) is 9.40. The first-order valence-corrected chi connectivity index (χ1v) is 10.3. The lowest BCUT2D eigenvalue weighted by molar-refractivity contribution is 0.0864. The summed E-state index contributed by atoms with van der Waals surface area (Å²) in [5, 5.41) is 3.69. The van der Waals surface area contributed by atoms with Crippen molar-refractivity contribution in [3.8, 4) is 5.75 Å². The van der Waals surface area contributed by atoms with E-state index < -0.39 is 0 Å². The Kier molecular flexibility index (Phi) is 6.24. The van der Waals surface area contributed by atoms with E-state index in [1.165, 1.54) is 5.56 Å². The average molecular weight is 380 g/mol. The molecule has 0 atom stereocenters. The quantitative estimate of drug-likeness (QED) is 0.651.